The smallest absolute Gasteiger partial charge is 0.251 e. The van der Waals surface area contributed by atoms with Gasteiger partial charge in [-0.15, -0.1) is 10.2 Å². The maximum Gasteiger partial charge on any atom is 0.251 e. The van der Waals surface area contributed by atoms with Crippen molar-refractivity contribution in [3.05, 3.63) is 65.5 Å². The van der Waals surface area contributed by atoms with Crippen LogP contribution >= 0.6 is 0 Å². The minimum atomic E-state index is -0.0296. The molecule has 0 aliphatic carbocycles. The number of nitrogens with zero attached hydrogens (tertiary/aromatic N) is 4. The Kier molecular flexibility index (Phi) is 4.32. The lowest BCUT2D eigenvalue weighted by atomic mass is 10.1. The number of aromatic nitrogens is 4. The van der Waals surface area contributed by atoms with Crippen molar-refractivity contribution in [1.29, 1.82) is 0 Å². The Morgan fingerprint density at radius 3 is 2.85 bits per heavy atom. The Bertz CT molecular complexity index is 912. The number of amides is 1. The lowest BCUT2D eigenvalue weighted by Crippen LogP contribution is -2.41. The predicted octanol–water partition coefficient (Wildman–Crippen LogP) is 2.68. The Morgan fingerprint density at radius 2 is 2.08 bits per heavy atom. The number of hydrogen-bond donors (Lipinski definition) is 1. The van der Waals surface area contributed by atoms with E-state index < -0.39 is 0 Å². The van der Waals surface area contributed by atoms with Crippen molar-refractivity contribution in [2.75, 3.05) is 0 Å². The lowest BCUT2D eigenvalue weighted by Gasteiger charge is -2.25. The summed E-state index contributed by atoms with van der Waals surface area (Å²) in [6.45, 7) is 4.88. The molecule has 1 N–H and O–H groups in total. The number of aryl methyl sites for hydroxylation is 3. The van der Waals surface area contributed by atoms with Crippen molar-refractivity contribution >= 4 is 5.91 Å². The molecule has 2 aromatic heterocycles. The van der Waals surface area contributed by atoms with Crippen LogP contribution < -0.4 is 5.32 Å². The molecule has 134 valence electrons. The van der Waals surface area contributed by atoms with Gasteiger partial charge in [0.2, 0.25) is 0 Å². The van der Waals surface area contributed by atoms with Gasteiger partial charge in [-0.1, -0.05) is 13.0 Å². The molecule has 3 heterocycles. The minimum Gasteiger partial charge on any atom is -0.347 e. The molecule has 1 aliphatic rings. The van der Waals surface area contributed by atoms with Gasteiger partial charge in [-0.05, 0) is 43.2 Å². The lowest BCUT2D eigenvalue weighted by molar-refractivity contribution is 0.0927. The summed E-state index contributed by atoms with van der Waals surface area (Å²) in [4.78, 5) is 12.8. The topological polar surface area (TPSA) is 64.7 Å². The fourth-order valence-corrected chi connectivity index (χ4v) is 3.56. The molecule has 0 spiro atoms. The van der Waals surface area contributed by atoms with E-state index in [1.54, 1.807) is 0 Å². The Morgan fingerprint density at radius 1 is 1.27 bits per heavy atom. The van der Waals surface area contributed by atoms with Crippen LogP contribution in [-0.4, -0.2) is 31.3 Å². The summed E-state index contributed by atoms with van der Waals surface area (Å²) >= 11 is 0. The van der Waals surface area contributed by atoms with Gasteiger partial charge in [0.1, 0.15) is 11.6 Å². The van der Waals surface area contributed by atoms with Gasteiger partial charge in [0.15, 0.2) is 0 Å². The van der Waals surface area contributed by atoms with Gasteiger partial charge in [-0.2, -0.15) is 0 Å². The number of carbonyl (C=O) groups is 1. The highest BCUT2D eigenvalue weighted by Crippen LogP contribution is 2.19. The first kappa shape index (κ1) is 16.6. The molecule has 1 atom stereocenters. The molecule has 0 radical (unpaired) electrons. The Hall–Kier alpha value is -2.89. The first-order valence-electron chi connectivity index (χ1n) is 9.11. The van der Waals surface area contributed by atoms with Gasteiger partial charge < -0.3 is 14.5 Å². The van der Waals surface area contributed by atoms with Crippen LogP contribution in [0.3, 0.4) is 0 Å². The van der Waals surface area contributed by atoms with Crippen LogP contribution in [0.4, 0.5) is 0 Å². The minimum absolute atomic E-state index is 0.0296. The van der Waals surface area contributed by atoms with Crippen LogP contribution in [0, 0.1) is 6.92 Å². The van der Waals surface area contributed by atoms with Crippen molar-refractivity contribution < 1.29 is 4.79 Å². The molecule has 26 heavy (non-hydrogen) atoms. The third-order valence-electron chi connectivity index (χ3n) is 5.03. The van der Waals surface area contributed by atoms with Crippen molar-refractivity contribution in [3.63, 3.8) is 0 Å². The molecule has 0 unspecified atom stereocenters. The molecule has 3 aromatic rings. The monoisotopic (exact) mass is 349 g/mol. The van der Waals surface area contributed by atoms with E-state index in [2.05, 4.69) is 33.9 Å². The number of hydrogen-bond acceptors (Lipinski definition) is 3. The van der Waals surface area contributed by atoms with E-state index in [1.807, 2.05) is 47.3 Å². The van der Waals surface area contributed by atoms with E-state index in [0.29, 0.717) is 5.56 Å². The highest BCUT2D eigenvalue weighted by molar-refractivity contribution is 5.95. The Labute approximate surface area is 152 Å². The average Bonchev–Trinajstić information content (AvgIpc) is 3.31. The quantitative estimate of drug-likeness (QED) is 0.788. The van der Waals surface area contributed by atoms with E-state index in [9.17, 15) is 4.79 Å². The molecule has 6 nitrogen and oxygen atoms in total. The van der Waals surface area contributed by atoms with Crippen LogP contribution in [0.25, 0.3) is 5.69 Å². The van der Waals surface area contributed by atoms with E-state index in [-0.39, 0.29) is 11.9 Å². The van der Waals surface area contributed by atoms with Crippen LogP contribution in [0.1, 0.15) is 40.9 Å². The normalized spacial score (nSPS) is 16.3. The first-order chi connectivity index (χ1) is 12.7. The van der Waals surface area contributed by atoms with Crippen molar-refractivity contribution in [2.24, 2.45) is 0 Å². The number of rotatable bonds is 4. The van der Waals surface area contributed by atoms with E-state index in [4.69, 9.17) is 0 Å². The molecule has 0 saturated heterocycles. The van der Waals surface area contributed by atoms with Gasteiger partial charge in [0, 0.05) is 49.1 Å². The second-order valence-corrected chi connectivity index (χ2v) is 6.80. The molecule has 0 bridgehead atoms. The van der Waals surface area contributed by atoms with Crippen molar-refractivity contribution in [1.82, 2.24) is 24.6 Å². The van der Waals surface area contributed by atoms with Crippen LogP contribution in [0.5, 0.6) is 0 Å². The van der Waals surface area contributed by atoms with Crippen LogP contribution in [0.2, 0.25) is 0 Å². The number of carbonyl (C=O) groups excluding carboxylic acids is 1. The maximum atomic E-state index is 12.8. The fourth-order valence-electron chi connectivity index (χ4n) is 3.56. The summed E-state index contributed by atoms with van der Waals surface area (Å²) in [5, 5.41) is 11.7. The number of nitrogens with one attached hydrogen (secondary N) is 1. The summed E-state index contributed by atoms with van der Waals surface area (Å²) in [7, 11) is 0. The zero-order chi connectivity index (χ0) is 18.1. The molecule has 0 saturated carbocycles. The summed E-state index contributed by atoms with van der Waals surface area (Å²) < 4.78 is 4.18. The van der Waals surface area contributed by atoms with E-state index in [1.165, 1.54) is 0 Å². The van der Waals surface area contributed by atoms with Gasteiger partial charge in [-0.3, -0.25) is 4.79 Å². The number of fused-ring (bicyclic) bond motifs is 1. The maximum absolute atomic E-state index is 12.8. The second-order valence-electron chi connectivity index (χ2n) is 6.80. The summed E-state index contributed by atoms with van der Waals surface area (Å²) in [5.74, 6) is 1.99. The SMILES string of the molecule is CCc1nnc2n1C[C@H](NC(=O)c1ccc(C)c(-n3cccc3)c1)CC2. The average molecular weight is 349 g/mol. The van der Waals surface area contributed by atoms with Crippen LogP contribution in [0.15, 0.2) is 42.7 Å². The Balaban J connectivity index is 1.51. The van der Waals surface area contributed by atoms with Crippen LogP contribution in [-0.2, 0) is 19.4 Å². The van der Waals surface area contributed by atoms with Gasteiger partial charge in [0.25, 0.3) is 5.91 Å². The first-order valence-corrected chi connectivity index (χ1v) is 9.11. The fraction of sp³-hybridized carbons (Fsp3) is 0.350. The predicted molar refractivity (Wildman–Crippen MR) is 99.5 cm³/mol. The zero-order valence-corrected chi connectivity index (χ0v) is 15.1. The summed E-state index contributed by atoms with van der Waals surface area (Å²) in [5.41, 5.74) is 2.85. The number of benzene rings is 1. The van der Waals surface area contributed by atoms with Gasteiger partial charge >= 0.3 is 0 Å². The second kappa shape index (κ2) is 6.78. The van der Waals surface area contributed by atoms with Crippen molar-refractivity contribution in [2.45, 2.75) is 45.7 Å². The molecule has 6 heteroatoms. The van der Waals surface area contributed by atoms with E-state index in [0.717, 1.165) is 48.7 Å². The largest absolute Gasteiger partial charge is 0.347 e. The van der Waals surface area contributed by atoms with Crippen molar-refractivity contribution in [3.8, 4) is 5.69 Å². The third-order valence-corrected chi connectivity index (χ3v) is 5.03. The van der Waals surface area contributed by atoms with Gasteiger partial charge in [0.05, 0.1) is 0 Å². The molecule has 4 rings (SSSR count). The molecule has 0 fully saturated rings. The van der Waals surface area contributed by atoms with Gasteiger partial charge in [-0.25, -0.2) is 0 Å². The molecular formula is C20H23N5O. The highest BCUT2D eigenvalue weighted by atomic mass is 16.1. The standard InChI is InChI=1S/C20H23N5O/c1-3-18-22-23-19-9-8-16(13-25(18)19)21-20(26)15-7-6-14(2)17(12-15)24-10-4-5-11-24/h4-7,10-12,16H,3,8-9,13H2,1-2H3,(H,21,26)/t16-/m1/s1. The highest BCUT2D eigenvalue weighted by Gasteiger charge is 2.24. The van der Waals surface area contributed by atoms with E-state index >= 15 is 0 Å². The molecule has 1 aliphatic heterocycles. The molecule has 1 amide bonds. The molecule has 1 aromatic carbocycles. The third kappa shape index (κ3) is 3.03. The summed E-state index contributed by atoms with van der Waals surface area (Å²) in [6.07, 6.45) is 6.58. The zero-order valence-electron chi connectivity index (χ0n) is 15.1. The summed E-state index contributed by atoms with van der Waals surface area (Å²) in [6, 6.07) is 9.91. The molecular weight excluding hydrogens is 326 g/mol.